The number of fused-ring (bicyclic) bond motifs is 4. The number of carbonyl (C=O) groups excluding carboxylic acids is 2. The van der Waals surface area contributed by atoms with Crippen molar-refractivity contribution in [3.63, 3.8) is 0 Å². The van der Waals surface area contributed by atoms with Gasteiger partial charge in [-0.2, -0.15) is 0 Å². The van der Waals surface area contributed by atoms with Gasteiger partial charge in [0.25, 0.3) is 0 Å². The second-order valence-corrected chi connectivity index (χ2v) is 10.4. The number of rotatable bonds is 2. The van der Waals surface area contributed by atoms with Crippen LogP contribution in [0, 0.1) is 0 Å². The molecule has 0 saturated carbocycles. The van der Waals surface area contributed by atoms with E-state index in [4.69, 9.17) is 12.2 Å². The van der Waals surface area contributed by atoms with Crippen molar-refractivity contribution in [2.45, 2.75) is 0 Å². The van der Waals surface area contributed by atoms with Crippen LogP contribution >= 0.6 is 0 Å². The van der Waals surface area contributed by atoms with Crippen molar-refractivity contribution < 1.29 is 26.5 Å². The first-order chi connectivity index (χ1) is 12.0. The normalized spacial score (nSPS) is 31.8. The zero-order valence-corrected chi connectivity index (χ0v) is 16.6. The molecular weight excluding hydrogens is 388 g/mol. The van der Waals surface area contributed by atoms with E-state index in [0.717, 1.165) is 0 Å². The van der Waals surface area contributed by atoms with E-state index in [1.54, 1.807) is 0 Å². The summed E-state index contributed by atoms with van der Waals surface area (Å²) in [5, 5.41) is 9.12. The summed E-state index contributed by atoms with van der Waals surface area (Å²) >= 11 is -3.21. The van der Waals surface area contributed by atoms with Gasteiger partial charge >= 0.3 is 152 Å². The third kappa shape index (κ3) is 5.43. The monoisotopic (exact) mass is 411 g/mol. The molecule has 0 aromatic heterocycles. The number of carbonyl (C=O) groups is 3. The molecular formula is C14H23GaN4O6. The molecule has 3 atom stereocenters. The van der Waals surface area contributed by atoms with Gasteiger partial charge in [-0.3, -0.25) is 0 Å². The summed E-state index contributed by atoms with van der Waals surface area (Å²) in [6.45, 7) is 5.21. The molecule has 4 bridgehead atoms. The summed E-state index contributed by atoms with van der Waals surface area (Å²) in [5.74, 6) is -1.57. The summed E-state index contributed by atoms with van der Waals surface area (Å²) in [6.07, 6.45) is 0. The van der Waals surface area contributed by atoms with Gasteiger partial charge in [-0.05, 0) is 0 Å². The predicted octanol–water partition coefficient (Wildman–Crippen LogP) is -2.61. The molecule has 138 valence electrons. The van der Waals surface area contributed by atoms with E-state index in [0.29, 0.717) is 52.4 Å². The molecule has 0 radical (unpaired) electrons. The number of aliphatic carboxylic acids is 1. The van der Waals surface area contributed by atoms with Crippen LogP contribution in [0.1, 0.15) is 0 Å². The van der Waals surface area contributed by atoms with E-state index in [2.05, 4.69) is 0 Å². The van der Waals surface area contributed by atoms with Gasteiger partial charge in [-0.1, -0.05) is 0 Å². The Bertz CT molecular complexity index is 535. The fraction of sp³-hybridized carbons (Fsp3) is 0.786. The van der Waals surface area contributed by atoms with Crippen LogP contribution in [0.5, 0.6) is 0 Å². The van der Waals surface area contributed by atoms with Crippen LogP contribution in [-0.4, -0.2) is 131 Å². The summed E-state index contributed by atoms with van der Waals surface area (Å²) in [4.78, 5) is 41.4. The van der Waals surface area contributed by atoms with E-state index in [1.165, 1.54) is 0 Å². The Labute approximate surface area is 152 Å². The standard InChI is InChI=1S/C14H25N4O6.Ga/c19-12(20)9-16-3-1-15-2-4-17(10-13(21)22)6-8-18(7-5-16)11-14(23)24;/h1-11H2,(H,19,20)(H,21,22)(H,23,24);/q-1;+3/p-2/i;1-2. The second kappa shape index (κ2) is 8.51. The molecule has 0 amide bonds. The van der Waals surface area contributed by atoms with Crippen molar-refractivity contribution in [3.05, 3.63) is 0 Å². The Balaban J connectivity index is 1.86. The minimum absolute atomic E-state index is 0.0416. The average Bonchev–Trinajstić information content (AvgIpc) is 2.57. The van der Waals surface area contributed by atoms with Crippen LogP contribution in [-0.2, 0) is 21.4 Å². The van der Waals surface area contributed by atoms with Gasteiger partial charge in [0.15, 0.2) is 0 Å². The maximum absolute atomic E-state index is 12.3. The molecule has 4 fully saturated rings. The molecule has 4 aliphatic heterocycles. The van der Waals surface area contributed by atoms with E-state index >= 15 is 0 Å². The van der Waals surface area contributed by atoms with Gasteiger partial charge in [0.1, 0.15) is 0 Å². The summed E-state index contributed by atoms with van der Waals surface area (Å²) < 4.78 is 13.1. The molecule has 11 heteroatoms. The zero-order valence-electron chi connectivity index (χ0n) is 14.1. The maximum atomic E-state index is 12.3. The van der Waals surface area contributed by atoms with Crippen molar-refractivity contribution >= 4 is 35.1 Å². The van der Waals surface area contributed by atoms with Crippen LogP contribution in [0.2, 0.25) is 0 Å². The van der Waals surface area contributed by atoms with E-state index in [9.17, 15) is 14.4 Å². The first-order valence-corrected chi connectivity index (χ1v) is 11.6. The molecule has 0 spiro atoms. The summed E-state index contributed by atoms with van der Waals surface area (Å²) in [6, 6.07) is 0. The molecule has 0 aromatic rings. The predicted molar refractivity (Wildman–Crippen MR) is 86.5 cm³/mol. The van der Waals surface area contributed by atoms with Gasteiger partial charge in [-0.25, -0.2) is 0 Å². The van der Waals surface area contributed by atoms with Gasteiger partial charge in [-0.15, -0.1) is 0 Å². The molecule has 25 heavy (non-hydrogen) atoms. The SMILES string of the molecule is O=C(O)CN1CCN2CCN3CC[N](CC1)[68Ga]([O]C(=O)C2)[O]C(=O)C3. The first kappa shape index (κ1) is 18.7. The topological polar surface area (TPSA) is 103 Å². The second-order valence-electron chi connectivity index (χ2n) is 6.54. The summed E-state index contributed by atoms with van der Waals surface area (Å²) in [5.41, 5.74) is 0. The Morgan fingerprint density at radius 1 is 0.880 bits per heavy atom. The minimum atomic E-state index is -3.21. The fourth-order valence-electron chi connectivity index (χ4n) is 3.27. The first-order valence-electron chi connectivity index (χ1n) is 8.51. The molecule has 4 saturated heterocycles. The Kier molecular flexibility index (Phi) is 6.36. The van der Waals surface area contributed by atoms with E-state index < -0.39 is 23.2 Å². The molecule has 4 aliphatic rings. The van der Waals surface area contributed by atoms with Crippen LogP contribution in [0.25, 0.3) is 0 Å². The third-order valence-corrected chi connectivity index (χ3v) is 8.98. The van der Waals surface area contributed by atoms with Crippen LogP contribution in [0.15, 0.2) is 0 Å². The molecule has 1 N–H and O–H groups in total. The fourth-order valence-corrected chi connectivity index (χ4v) is 6.62. The van der Waals surface area contributed by atoms with Crippen LogP contribution in [0.3, 0.4) is 0 Å². The van der Waals surface area contributed by atoms with Gasteiger partial charge < -0.3 is 0 Å². The van der Waals surface area contributed by atoms with Crippen molar-refractivity contribution in [2.75, 3.05) is 72.0 Å². The van der Waals surface area contributed by atoms with Crippen LogP contribution in [0.4, 0.5) is 0 Å². The quantitative estimate of drug-likeness (QED) is 0.487. The molecule has 4 rings (SSSR count). The molecule has 0 aromatic carbocycles. The van der Waals surface area contributed by atoms with Gasteiger partial charge in [0.2, 0.25) is 0 Å². The molecule has 10 nitrogen and oxygen atoms in total. The zero-order chi connectivity index (χ0) is 17.8. The van der Waals surface area contributed by atoms with E-state index in [-0.39, 0.29) is 31.6 Å². The molecule has 3 unspecified atom stereocenters. The van der Waals surface area contributed by atoms with Crippen molar-refractivity contribution in [2.24, 2.45) is 0 Å². The number of hydrogen-bond acceptors (Lipinski definition) is 9. The summed E-state index contributed by atoms with van der Waals surface area (Å²) in [7, 11) is 0. The van der Waals surface area contributed by atoms with Crippen molar-refractivity contribution in [1.29, 1.82) is 0 Å². The Morgan fingerprint density at radius 3 is 1.96 bits per heavy atom. The van der Waals surface area contributed by atoms with Gasteiger partial charge in [0.05, 0.1) is 0 Å². The molecule has 0 aliphatic carbocycles. The van der Waals surface area contributed by atoms with Gasteiger partial charge in [0, 0.05) is 0 Å². The van der Waals surface area contributed by atoms with E-state index in [1.807, 2.05) is 18.3 Å². The number of nitrogens with zero attached hydrogens (tertiary/aromatic N) is 4. The van der Waals surface area contributed by atoms with Crippen molar-refractivity contribution in [3.8, 4) is 0 Å². The number of hydrogen-bond donors (Lipinski definition) is 1. The number of carboxylic acids is 1. The van der Waals surface area contributed by atoms with Crippen molar-refractivity contribution in [1.82, 2.24) is 18.3 Å². The average molecular weight is 411 g/mol. The van der Waals surface area contributed by atoms with Crippen LogP contribution < -0.4 is 0 Å². The molecule has 4 heterocycles. The number of carboxylic acid groups (broad SMARTS) is 1. The Morgan fingerprint density at radius 2 is 1.36 bits per heavy atom. The Hall–Kier alpha value is -1.11. The third-order valence-electron chi connectivity index (χ3n) is 4.70.